The molecule has 1 N–H and O–H groups in total. The van der Waals surface area contributed by atoms with E-state index in [9.17, 15) is 4.79 Å². The number of ether oxygens (including phenoxy) is 2. The Bertz CT molecular complexity index is 722. The molecule has 5 rings (SSSR count). The first-order valence-corrected chi connectivity index (χ1v) is 10.4. The first-order valence-electron chi connectivity index (χ1n) is 10.4. The second-order valence-electron chi connectivity index (χ2n) is 8.79. The third-order valence-corrected chi connectivity index (χ3v) is 7.30. The lowest BCUT2D eigenvalue weighted by Gasteiger charge is -2.31. The maximum absolute atomic E-state index is 12.7. The molecule has 1 spiro atoms. The van der Waals surface area contributed by atoms with E-state index in [0.717, 1.165) is 25.4 Å². The summed E-state index contributed by atoms with van der Waals surface area (Å²) in [6.45, 7) is 4.12. The predicted octanol–water partition coefficient (Wildman–Crippen LogP) is 2.10. The number of aromatic nitrogens is 1. The van der Waals surface area contributed by atoms with Gasteiger partial charge >= 0.3 is 0 Å². The molecule has 6 nitrogen and oxygen atoms in total. The number of carbonyl (C=O) groups excluding carboxylic acids is 1. The Morgan fingerprint density at radius 1 is 1.44 bits per heavy atom. The zero-order valence-corrected chi connectivity index (χ0v) is 16.0. The molecular weight excluding hydrogens is 342 g/mol. The number of nitrogens with zero attached hydrogens (tertiary/aromatic N) is 2. The molecule has 4 aliphatic rings. The average Bonchev–Trinajstić information content (AvgIpc) is 3.30. The van der Waals surface area contributed by atoms with Crippen LogP contribution in [-0.2, 0) is 4.74 Å². The van der Waals surface area contributed by atoms with Gasteiger partial charge in [-0.05, 0) is 43.7 Å². The van der Waals surface area contributed by atoms with Crippen molar-refractivity contribution in [1.82, 2.24) is 15.2 Å². The molecule has 4 heterocycles. The highest BCUT2D eigenvalue weighted by molar-refractivity contribution is 5.96. The van der Waals surface area contributed by atoms with E-state index in [0.29, 0.717) is 35.9 Å². The van der Waals surface area contributed by atoms with E-state index in [2.05, 4.69) is 15.2 Å². The molecule has 6 heteroatoms. The fourth-order valence-corrected chi connectivity index (χ4v) is 5.77. The van der Waals surface area contributed by atoms with Gasteiger partial charge in [-0.25, -0.2) is 4.98 Å². The number of methoxy groups -OCH3 is 1. The van der Waals surface area contributed by atoms with Gasteiger partial charge < -0.3 is 14.8 Å². The number of hydrogen-bond donors (Lipinski definition) is 1. The summed E-state index contributed by atoms with van der Waals surface area (Å²) in [6, 6.07) is 3.53. The van der Waals surface area contributed by atoms with Crippen LogP contribution in [-0.4, -0.2) is 60.8 Å². The molecule has 0 aromatic carbocycles. The number of amides is 1. The summed E-state index contributed by atoms with van der Waals surface area (Å²) in [5.41, 5.74) is 0.548. The SMILES string of the molecule is COc1ncccc1C(=O)NC[C@H]1[C@H]2CN(CC3CCC3)C[C@]23CC[C@H]1O3. The predicted molar refractivity (Wildman–Crippen MR) is 101 cm³/mol. The average molecular weight is 371 g/mol. The van der Waals surface area contributed by atoms with Gasteiger partial charge in [-0.2, -0.15) is 0 Å². The van der Waals surface area contributed by atoms with E-state index in [1.54, 1.807) is 25.4 Å². The third kappa shape index (κ3) is 2.93. The summed E-state index contributed by atoms with van der Waals surface area (Å²) >= 11 is 0. The van der Waals surface area contributed by atoms with Gasteiger partial charge in [0.05, 0.1) is 18.8 Å². The Kier molecular flexibility index (Phi) is 4.36. The van der Waals surface area contributed by atoms with Crippen molar-refractivity contribution < 1.29 is 14.3 Å². The van der Waals surface area contributed by atoms with Crippen molar-refractivity contribution in [2.24, 2.45) is 17.8 Å². The summed E-state index contributed by atoms with van der Waals surface area (Å²) in [7, 11) is 1.54. The molecule has 0 radical (unpaired) electrons. The van der Waals surface area contributed by atoms with Crippen molar-refractivity contribution in [1.29, 1.82) is 0 Å². The summed E-state index contributed by atoms with van der Waals surface area (Å²) in [5, 5.41) is 3.13. The van der Waals surface area contributed by atoms with E-state index in [1.807, 2.05) is 0 Å². The first-order chi connectivity index (χ1) is 13.2. The summed E-state index contributed by atoms with van der Waals surface area (Å²) in [6.07, 6.45) is 8.44. The van der Waals surface area contributed by atoms with Crippen LogP contribution in [0.15, 0.2) is 18.3 Å². The van der Waals surface area contributed by atoms with Crippen LogP contribution in [0, 0.1) is 17.8 Å². The highest BCUT2D eigenvalue weighted by Gasteiger charge is 2.62. The maximum atomic E-state index is 12.7. The number of likely N-dealkylation sites (tertiary alicyclic amines) is 1. The smallest absolute Gasteiger partial charge is 0.256 e. The van der Waals surface area contributed by atoms with Crippen LogP contribution < -0.4 is 10.1 Å². The van der Waals surface area contributed by atoms with E-state index < -0.39 is 0 Å². The Labute approximate surface area is 160 Å². The normalized spacial score (nSPS) is 35.1. The molecule has 1 amide bonds. The Morgan fingerprint density at radius 3 is 3.11 bits per heavy atom. The minimum atomic E-state index is -0.110. The lowest BCUT2D eigenvalue weighted by atomic mass is 9.73. The van der Waals surface area contributed by atoms with E-state index in [-0.39, 0.29) is 11.5 Å². The number of pyridine rings is 1. The molecular formula is C21H29N3O3. The van der Waals surface area contributed by atoms with Crippen molar-refractivity contribution in [3.63, 3.8) is 0 Å². The van der Waals surface area contributed by atoms with Crippen molar-refractivity contribution in [3.05, 3.63) is 23.9 Å². The zero-order chi connectivity index (χ0) is 18.4. The maximum Gasteiger partial charge on any atom is 0.256 e. The number of rotatable bonds is 6. The fourth-order valence-electron chi connectivity index (χ4n) is 5.77. The van der Waals surface area contributed by atoms with E-state index in [4.69, 9.17) is 9.47 Å². The second-order valence-corrected chi connectivity index (χ2v) is 8.79. The molecule has 1 aliphatic carbocycles. The Balaban J connectivity index is 1.24. The lowest BCUT2D eigenvalue weighted by molar-refractivity contribution is 0.000542. The van der Waals surface area contributed by atoms with Crippen LogP contribution >= 0.6 is 0 Å². The van der Waals surface area contributed by atoms with Crippen LogP contribution in [0.4, 0.5) is 0 Å². The van der Waals surface area contributed by atoms with Gasteiger partial charge in [0.25, 0.3) is 5.91 Å². The van der Waals surface area contributed by atoms with Crippen LogP contribution in [0.3, 0.4) is 0 Å². The Hall–Kier alpha value is -1.66. The molecule has 1 aromatic rings. The molecule has 0 unspecified atom stereocenters. The van der Waals surface area contributed by atoms with Crippen molar-refractivity contribution >= 4 is 5.91 Å². The number of nitrogens with one attached hydrogen (secondary N) is 1. The van der Waals surface area contributed by atoms with Crippen LogP contribution in [0.5, 0.6) is 5.88 Å². The molecule has 27 heavy (non-hydrogen) atoms. The number of carbonyl (C=O) groups is 1. The van der Waals surface area contributed by atoms with E-state index >= 15 is 0 Å². The Morgan fingerprint density at radius 2 is 2.33 bits per heavy atom. The zero-order valence-electron chi connectivity index (χ0n) is 16.0. The second kappa shape index (κ2) is 6.74. The van der Waals surface area contributed by atoms with Crippen LogP contribution in [0.2, 0.25) is 0 Å². The first kappa shape index (κ1) is 17.4. The molecule has 146 valence electrons. The fraction of sp³-hybridized carbons (Fsp3) is 0.714. The van der Waals surface area contributed by atoms with Crippen LogP contribution in [0.1, 0.15) is 42.5 Å². The molecule has 2 bridgehead atoms. The topological polar surface area (TPSA) is 63.7 Å². The van der Waals surface area contributed by atoms with Crippen molar-refractivity contribution in [2.75, 3.05) is 33.3 Å². The minimum Gasteiger partial charge on any atom is -0.480 e. The van der Waals surface area contributed by atoms with Gasteiger partial charge in [0.1, 0.15) is 5.56 Å². The van der Waals surface area contributed by atoms with Gasteiger partial charge in [-0.1, -0.05) is 6.42 Å². The number of fused-ring (bicyclic) bond motifs is 1. The highest BCUT2D eigenvalue weighted by atomic mass is 16.5. The summed E-state index contributed by atoms with van der Waals surface area (Å²) < 4.78 is 11.7. The summed E-state index contributed by atoms with van der Waals surface area (Å²) in [4.78, 5) is 19.4. The van der Waals surface area contributed by atoms with E-state index in [1.165, 1.54) is 32.2 Å². The van der Waals surface area contributed by atoms with Gasteiger partial charge in [0.2, 0.25) is 5.88 Å². The van der Waals surface area contributed by atoms with Crippen molar-refractivity contribution in [3.8, 4) is 5.88 Å². The summed E-state index contributed by atoms with van der Waals surface area (Å²) in [5.74, 6) is 2.13. The van der Waals surface area contributed by atoms with Crippen LogP contribution in [0.25, 0.3) is 0 Å². The highest BCUT2D eigenvalue weighted by Crippen LogP contribution is 2.54. The number of hydrogen-bond acceptors (Lipinski definition) is 5. The molecule has 4 atom stereocenters. The van der Waals surface area contributed by atoms with Crippen molar-refractivity contribution in [2.45, 2.75) is 43.8 Å². The standard InChI is InChI=1S/C21H29N3O3/c1-26-20-15(6-3-9-22-20)19(25)23-10-16-17-12-24(11-14-4-2-5-14)13-21(17)8-7-18(16)27-21/h3,6,9,14,16-18H,2,4-5,7-8,10-13H2,1H3,(H,23,25)/t16-,17+,18+,21+/m0/s1. The molecule has 1 aromatic heterocycles. The van der Waals surface area contributed by atoms with Gasteiger partial charge in [-0.3, -0.25) is 9.69 Å². The molecule has 1 saturated carbocycles. The van der Waals surface area contributed by atoms with Gasteiger partial charge in [-0.15, -0.1) is 0 Å². The monoisotopic (exact) mass is 371 g/mol. The van der Waals surface area contributed by atoms with Gasteiger partial charge in [0.15, 0.2) is 0 Å². The quantitative estimate of drug-likeness (QED) is 0.830. The van der Waals surface area contributed by atoms with Gasteiger partial charge in [0, 0.05) is 44.2 Å². The largest absolute Gasteiger partial charge is 0.480 e. The lowest BCUT2D eigenvalue weighted by Crippen LogP contribution is -2.42. The minimum absolute atomic E-state index is 0.0514. The molecule has 3 aliphatic heterocycles. The molecule has 4 fully saturated rings. The third-order valence-electron chi connectivity index (χ3n) is 7.30. The molecule has 3 saturated heterocycles.